The molecule has 0 atom stereocenters. The van der Waals surface area contributed by atoms with Gasteiger partial charge in [-0.25, -0.2) is 4.79 Å². The van der Waals surface area contributed by atoms with E-state index in [1.165, 1.54) is 0 Å². The monoisotopic (exact) mass is 358 g/mol. The number of hydrogen-bond acceptors (Lipinski definition) is 7. The largest absolute Gasteiger partial charge is 0.476 e. The van der Waals surface area contributed by atoms with E-state index in [-0.39, 0.29) is 12.6 Å². The Bertz CT molecular complexity index is 722. The number of carbonyl (C=O) groups excluding carboxylic acids is 1. The minimum absolute atomic E-state index is 0.277. The molecule has 2 aromatic heterocycles. The van der Waals surface area contributed by atoms with Gasteiger partial charge in [0.15, 0.2) is 0 Å². The van der Waals surface area contributed by atoms with Gasteiger partial charge in [0.2, 0.25) is 5.88 Å². The zero-order valence-electron chi connectivity index (χ0n) is 14.4. The molecule has 0 bridgehead atoms. The molecule has 1 fully saturated rings. The van der Waals surface area contributed by atoms with Crippen LogP contribution in [-0.4, -0.2) is 55.5 Å². The Morgan fingerprint density at radius 3 is 2.96 bits per heavy atom. The molecule has 0 unspecified atom stereocenters. The average Bonchev–Trinajstić information content (AvgIpc) is 2.66. The number of urea groups is 1. The predicted molar refractivity (Wildman–Crippen MR) is 98.4 cm³/mol. The first kappa shape index (κ1) is 17.7. The minimum Gasteiger partial charge on any atom is -0.476 e. The van der Waals surface area contributed by atoms with Crippen LogP contribution in [0.2, 0.25) is 0 Å². The minimum atomic E-state index is -0.323. The van der Waals surface area contributed by atoms with Crippen LogP contribution in [0.15, 0.2) is 36.7 Å². The fourth-order valence-electron chi connectivity index (χ4n) is 2.52. The highest BCUT2D eigenvalue weighted by Gasteiger charge is 2.13. The van der Waals surface area contributed by atoms with Crippen LogP contribution in [0.3, 0.4) is 0 Å². The van der Waals surface area contributed by atoms with Crippen molar-refractivity contribution in [3.8, 4) is 5.88 Å². The number of carbonyl (C=O) groups is 1. The third kappa shape index (κ3) is 5.21. The summed E-state index contributed by atoms with van der Waals surface area (Å²) in [5.41, 5.74) is 7.45. The number of nitrogens with zero attached hydrogens (tertiary/aromatic N) is 3. The Hall–Kier alpha value is -3.07. The van der Waals surface area contributed by atoms with Crippen molar-refractivity contribution in [2.24, 2.45) is 0 Å². The highest BCUT2D eigenvalue weighted by Crippen LogP contribution is 2.23. The number of anilines is 3. The molecular weight excluding hydrogens is 336 g/mol. The van der Waals surface area contributed by atoms with E-state index < -0.39 is 0 Å². The van der Waals surface area contributed by atoms with E-state index in [0.29, 0.717) is 37.1 Å². The number of rotatable bonds is 6. The lowest BCUT2D eigenvalue weighted by atomic mass is 10.3. The Balaban J connectivity index is 1.45. The molecule has 1 aliphatic heterocycles. The molecule has 3 rings (SSSR count). The fourth-order valence-corrected chi connectivity index (χ4v) is 2.52. The topological polar surface area (TPSA) is 115 Å². The molecule has 3 heterocycles. The smallest absolute Gasteiger partial charge is 0.319 e. The first-order valence-electron chi connectivity index (χ1n) is 8.38. The fraction of sp³-hybridized carbons (Fsp3) is 0.353. The molecule has 0 radical (unpaired) electrons. The van der Waals surface area contributed by atoms with E-state index >= 15 is 0 Å². The Morgan fingerprint density at radius 2 is 2.19 bits per heavy atom. The van der Waals surface area contributed by atoms with Crippen LogP contribution in [0.4, 0.5) is 22.0 Å². The molecule has 138 valence electrons. The lowest BCUT2D eigenvalue weighted by Crippen LogP contribution is -2.36. The molecule has 1 saturated heterocycles. The molecule has 0 aromatic carbocycles. The van der Waals surface area contributed by atoms with Crippen LogP contribution >= 0.6 is 0 Å². The second-order valence-corrected chi connectivity index (χ2v) is 5.66. The number of nitrogens with two attached hydrogens (primary N) is 1. The van der Waals surface area contributed by atoms with Gasteiger partial charge in [-0.1, -0.05) is 0 Å². The molecule has 1 aliphatic rings. The van der Waals surface area contributed by atoms with Gasteiger partial charge < -0.3 is 30.7 Å². The normalized spacial score (nSPS) is 13.9. The van der Waals surface area contributed by atoms with Crippen LogP contribution < -0.4 is 26.0 Å². The maximum Gasteiger partial charge on any atom is 0.319 e. The maximum atomic E-state index is 11.8. The molecule has 9 heteroatoms. The SMILES string of the molecule is Nc1cc(N2CCOCC2)cc(OCCNC(=O)Nc2cccnc2)n1. The van der Waals surface area contributed by atoms with Crippen molar-refractivity contribution in [3.05, 3.63) is 36.7 Å². The number of morpholine rings is 1. The average molecular weight is 358 g/mol. The van der Waals surface area contributed by atoms with Gasteiger partial charge >= 0.3 is 6.03 Å². The maximum absolute atomic E-state index is 11.8. The standard InChI is InChI=1S/C17H22N6O3/c18-15-10-14(23-5-8-25-9-6-23)11-16(22-15)26-7-4-20-17(24)21-13-2-1-3-19-12-13/h1-3,10-12H,4-9H2,(H2,18,22)(H2,20,21,24). The van der Waals surface area contributed by atoms with Crippen molar-refractivity contribution in [2.45, 2.75) is 0 Å². The van der Waals surface area contributed by atoms with Crippen molar-refractivity contribution in [1.29, 1.82) is 0 Å². The van der Waals surface area contributed by atoms with Crippen molar-refractivity contribution in [1.82, 2.24) is 15.3 Å². The third-order valence-electron chi connectivity index (χ3n) is 3.74. The zero-order chi connectivity index (χ0) is 18.2. The Labute approximate surface area is 151 Å². The van der Waals surface area contributed by atoms with Crippen molar-refractivity contribution < 1.29 is 14.3 Å². The van der Waals surface area contributed by atoms with Gasteiger partial charge in [-0.3, -0.25) is 4.98 Å². The lowest BCUT2D eigenvalue weighted by molar-refractivity contribution is 0.122. The summed E-state index contributed by atoms with van der Waals surface area (Å²) in [6.07, 6.45) is 3.21. The van der Waals surface area contributed by atoms with Crippen LogP contribution in [-0.2, 0) is 4.74 Å². The van der Waals surface area contributed by atoms with Crippen LogP contribution in [0, 0.1) is 0 Å². The lowest BCUT2D eigenvalue weighted by Gasteiger charge is -2.29. The second-order valence-electron chi connectivity index (χ2n) is 5.66. The molecule has 0 spiro atoms. The Kier molecular flexibility index (Phi) is 6.05. The highest BCUT2D eigenvalue weighted by molar-refractivity contribution is 5.88. The van der Waals surface area contributed by atoms with E-state index in [0.717, 1.165) is 18.8 Å². The van der Waals surface area contributed by atoms with Gasteiger partial charge in [0.25, 0.3) is 0 Å². The van der Waals surface area contributed by atoms with Crippen molar-refractivity contribution >= 4 is 23.2 Å². The van der Waals surface area contributed by atoms with Gasteiger partial charge in [-0.05, 0) is 12.1 Å². The molecule has 26 heavy (non-hydrogen) atoms. The predicted octanol–water partition coefficient (Wildman–Crippen LogP) is 1.10. The molecule has 2 amide bonds. The number of ether oxygens (including phenoxy) is 2. The molecule has 0 aliphatic carbocycles. The molecule has 9 nitrogen and oxygen atoms in total. The van der Waals surface area contributed by atoms with Gasteiger partial charge in [0.1, 0.15) is 12.4 Å². The molecular formula is C17H22N6O3. The number of pyridine rings is 2. The number of hydrogen-bond donors (Lipinski definition) is 3. The first-order valence-corrected chi connectivity index (χ1v) is 8.38. The molecule has 4 N–H and O–H groups in total. The molecule has 0 saturated carbocycles. The number of aromatic nitrogens is 2. The summed E-state index contributed by atoms with van der Waals surface area (Å²) in [5.74, 6) is 0.826. The Morgan fingerprint density at radius 1 is 1.35 bits per heavy atom. The third-order valence-corrected chi connectivity index (χ3v) is 3.74. The van der Waals surface area contributed by atoms with E-state index in [2.05, 4.69) is 25.5 Å². The summed E-state index contributed by atoms with van der Waals surface area (Å²) in [6.45, 7) is 3.59. The summed E-state index contributed by atoms with van der Waals surface area (Å²) in [5, 5.41) is 5.38. The van der Waals surface area contributed by atoms with Crippen LogP contribution in [0.5, 0.6) is 5.88 Å². The first-order chi connectivity index (χ1) is 12.7. The van der Waals surface area contributed by atoms with Crippen LogP contribution in [0.25, 0.3) is 0 Å². The van der Waals surface area contributed by atoms with Gasteiger partial charge in [-0.15, -0.1) is 0 Å². The summed E-state index contributed by atoms with van der Waals surface area (Å²) in [6, 6.07) is 6.84. The van der Waals surface area contributed by atoms with Crippen molar-refractivity contribution in [2.75, 3.05) is 55.4 Å². The quantitative estimate of drug-likeness (QED) is 0.662. The summed E-state index contributed by atoms with van der Waals surface area (Å²) in [4.78, 5) is 22.1. The van der Waals surface area contributed by atoms with Crippen molar-refractivity contribution in [3.63, 3.8) is 0 Å². The van der Waals surface area contributed by atoms with E-state index in [1.54, 1.807) is 24.5 Å². The van der Waals surface area contributed by atoms with E-state index in [9.17, 15) is 4.79 Å². The number of amides is 2. The summed E-state index contributed by atoms with van der Waals surface area (Å²) in [7, 11) is 0. The van der Waals surface area contributed by atoms with Crippen LogP contribution in [0.1, 0.15) is 0 Å². The summed E-state index contributed by atoms with van der Waals surface area (Å²) < 4.78 is 11.0. The second kappa shape index (κ2) is 8.86. The van der Waals surface area contributed by atoms with E-state index in [4.69, 9.17) is 15.2 Å². The van der Waals surface area contributed by atoms with Gasteiger partial charge in [0, 0.05) is 37.1 Å². The van der Waals surface area contributed by atoms with Gasteiger partial charge in [0.05, 0.1) is 31.6 Å². The molecule has 2 aromatic rings. The number of nitrogens with one attached hydrogen (secondary N) is 2. The summed E-state index contributed by atoms with van der Waals surface area (Å²) >= 11 is 0. The van der Waals surface area contributed by atoms with E-state index in [1.807, 2.05) is 12.1 Å². The highest BCUT2D eigenvalue weighted by atomic mass is 16.5. The van der Waals surface area contributed by atoms with Gasteiger partial charge in [-0.2, -0.15) is 4.98 Å². The number of nitrogen functional groups attached to an aromatic ring is 1. The zero-order valence-corrected chi connectivity index (χ0v) is 14.4.